The molecule has 0 aliphatic rings. The fourth-order valence-electron chi connectivity index (χ4n) is 1.16. The Morgan fingerprint density at radius 2 is 1.82 bits per heavy atom. The zero-order valence-corrected chi connectivity index (χ0v) is 10.1. The summed E-state index contributed by atoms with van der Waals surface area (Å²) in [5.41, 5.74) is 0. The number of ether oxygens (including phenoxy) is 1. The maximum atomic E-state index is 12.2. The van der Waals surface area contributed by atoms with Gasteiger partial charge in [-0.25, -0.2) is 18.7 Å². The minimum Gasteiger partial charge on any atom is -0.454 e. The molecule has 2 rings (SSSR count). The monoisotopic (exact) mass is 300 g/mol. The van der Waals surface area contributed by atoms with E-state index in [1.165, 1.54) is 12.4 Å². The van der Waals surface area contributed by atoms with Crippen LogP contribution in [0.5, 0.6) is 11.5 Å². The molecular weight excluding hydrogens is 294 g/mol. The van der Waals surface area contributed by atoms with Gasteiger partial charge in [-0.3, -0.25) is 0 Å². The molecule has 6 heteroatoms. The second-order valence-electron chi connectivity index (χ2n) is 3.14. The molecule has 1 aromatic carbocycles. The van der Waals surface area contributed by atoms with E-state index in [2.05, 4.69) is 25.9 Å². The minimum absolute atomic E-state index is 0.313. The molecular formula is C11H7BrF2N2O. The van der Waals surface area contributed by atoms with Crippen LogP contribution in [0.3, 0.4) is 0 Å². The molecule has 0 radical (unpaired) electrons. The summed E-state index contributed by atoms with van der Waals surface area (Å²) < 4.78 is 30.7. The summed E-state index contributed by atoms with van der Waals surface area (Å²) >= 11 is 3.30. The Balaban J connectivity index is 2.14. The number of alkyl halides is 2. The Morgan fingerprint density at radius 1 is 1.12 bits per heavy atom. The SMILES string of the molecule is FC(F)c1ncc(Oc2cccc(Br)c2)cn1. The van der Waals surface area contributed by atoms with Crippen LogP contribution in [0, 0.1) is 0 Å². The van der Waals surface area contributed by atoms with E-state index >= 15 is 0 Å². The number of nitrogens with zero attached hydrogens (tertiary/aromatic N) is 2. The summed E-state index contributed by atoms with van der Waals surface area (Å²) in [6, 6.07) is 7.14. The average molecular weight is 301 g/mol. The van der Waals surface area contributed by atoms with Crippen molar-refractivity contribution in [2.75, 3.05) is 0 Å². The van der Waals surface area contributed by atoms with Gasteiger partial charge in [-0.2, -0.15) is 0 Å². The first-order valence-corrected chi connectivity index (χ1v) is 5.48. The molecule has 0 aliphatic heterocycles. The van der Waals surface area contributed by atoms with Crippen LogP contribution in [0.25, 0.3) is 0 Å². The van der Waals surface area contributed by atoms with Gasteiger partial charge in [-0.1, -0.05) is 22.0 Å². The minimum atomic E-state index is -2.67. The zero-order chi connectivity index (χ0) is 12.3. The van der Waals surface area contributed by atoms with Gasteiger partial charge >= 0.3 is 0 Å². The Hall–Kier alpha value is -1.56. The zero-order valence-electron chi connectivity index (χ0n) is 8.48. The van der Waals surface area contributed by atoms with Crippen LogP contribution in [0.2, 0.25) is 0 Å². The summed E-state index contributed by atoms with van der Waals surface area (Å²) in [7, 11) is 0. The molecule has 0 fully saturated rings. The van der Waals surface area contributed by atoms with E-state index in [4.69, 9.17) is 4.74 Å². The van der Waals surface area contributed by atoms with Crippen molar-refractivity contribution in [1.29, 1.82) is 0 Å². The van der Waals surface area contributed by atoms with E-state index in [1.54, 1.807) is 18.2 Å². The normalized spacial score (nSPS) is 10.6. The molecule has 0 saturated carbocycles. The first-order chi connectivity index (χ1) is 8.15. The maximum absolute atomic E-state index is 12.2. The van der Waals surface area contributed by atoms with Gasteiger partial charge in [0, 0.05) is 4.47 Å². The van der Waals surface area contributed by atoms with Gasteiger partial charge in [-0.05, 0) is 18.2 Å². The molecule has 0 atom stereocenters. The van der Waals surface area contributed by atoms with E-state index in [0.717, 1.165) is 4.47 Å². The van der Waals surface area contributed by atoms with Crippen molar-refractivity contribution in [2.24, 2.45) is 0 Å². The first-order valence-electron chi connectivity index (χ1n) is 4.68. The molecule has 0 spiro atoms. The first kappa shape index (κ1) is 11.9. The molecule has 17 heavy (non-hydrogen) atoms. The lowest BCUT2D eigenvalue weighted by Crippen LogP contribution is -1.95. The Kier molecular flexibility index (Phi) is 3.63. The third-order valence-corrected chi connectivity index (χ3v) is 2.37. The van der Waals surface area contributed by atoms with E-state index in [1.807, 2.05) is 6.07 Å². The van der Waals surface area contributed by atoms with Crippen LogP contribution in [0.1, 0.15) is 12.2 Å². The van der Waals surface area contributed by atoms with Crippen LogP contribution in [-0.2, 0) is 0 Å². The third kappa shape index (κ3) is 3.20. The summed E-state index contributed by atoms with van der Waals surface area (Å²) in [4.78, 5) is 7.00. The van der Waals surface area contributed by atoms with Crippen LogP contribution in [0.4, 0.5) is 8.78 Å². The van der Waals surface area contributed by atoms with Gasteiger partial charge in [0.2, 0.25) is 0 Å². The molecule has 0 N–H and O–H groups in total. The molecule has 0 aliphatic carbocycles. The smallest absolute Gasteiger partial charge is 0.297 e. The van der Waals surface area contributed by atoms with Crippen molar-refractivity contribution in [3.63, 3.8) is 0 Å². The maximum Gasteiger partial charge on any atom is 0.297 e. The fraction of sp³-hybridized carbons (Fsp3) is 0.0909. The predicted molar refractivity (Wildman–Crippen MR) is 61.2 cm³/mol. The quantitative estimate of drug-likeness (QED) is 0.860. The van der Waals surface area contributed by atoms with Crippen molar-refractivity contribution >= 4 is 15.9 Å². The lowest BCUT2D eigenvalue weighted by Gasteiger charge is -2.05. The van der Waals surface area contributed by atoms with Gasteiger partial charge in [-0.15, -0.1) is 0 Å². The van der Waals surface area contributed by atoms with Crippen LogP contribution >= 0.6 is 15.9 Å². The van der Waals surface area contributed by atoms with Crippen molar-refractivity contribution in [3.05, 3.63) is 47.0 Å². The third-order valence-electron chi connectivity index (χ3n) is 1.88. The van der Waals surface area contributed by atoms with E-state index in [-0.39, 0.29) is 0 Å². The van der Waals surface area contributed by atoms with E-state index in [0.29, 0.717) is 11.5 Å². The molecule has 0 bridgehead atoms. The number of aromatic nitrogens is 2. The standard InChI is InChI=1S/C11H7BrF2N2O/c12-7-2-1-3-8(4-7)17-9-5-15-11(10(13)14)16-6-9/h1-6,10H. The van der Waals surface area contributed by atoms with Gasteiger partial charge < -0.3 is 4.74 Å². The molecule has 0 unspecified atom stereocenters. The number of rotatable bonds is 3. The fourth-order valence-corrected chi connectivity index (χ4v) is 1.54. The molecule has 1 aromatic heterocycles. The van der Waals surface area contributed by atoms with Gasteiger partial charge in [0.15, 0.2) is 11.6 Å². The summed E-state index contributed by atoms with van der Waals surface area (Å²) in [5, 5.41) is 0. The van der Waals surface area contributed by atoms with Crippen molar-refractivity contribution in [3.8, 4) is 11.5 Å². The number of halogens is 3. The Labute approximate surface area is 105 Å². The van der Waals surface area contributed by atoms with Crippen LogP contribution in [0.15, 0.2) is 41.1 Å². The summed E-state index contributed by atoms with van der Waals surface area (Å²) in [5.74, 6) is 0.381. The average Bonchev–Trinajstić information content (AvgIpc) is 2.29. The second kappa shape index (κ2) is 5.18. The van der Waals surface area contributed by atoms with Crippen molar-refractivity contribution < 1.29 is 13.5 Å². The summed E-state index contributed by atoms with van der Waals surface area (Å²) in [6.45, 7) is 0. The topological polar surface area (TPSA) is 35.0 Å². The predicted octanol–water partition coefficient (Wildman–Crippen LogP) is 3.97. The van der Waals surface area contributed by atoms with Gasteiger partial charge in [0.05, 0.1) is 12.4 Å². The van der Waals surface area contributed by atoms with Gasteiger partial charge in [0.1, 0.15) is 5.75 Å². The highest BCUT2D eigenvalue weighted by atomic mass is 79.9. The molecule has 1 heterocycles. The van der Waals surface area contributed by atoms with E-state index < -0.39 is 12.2 Å². The Morgan fingerprint density at radius 3 is 2.41 bits per heavy atom. The lowest BCUT2D eigenvalue weighted by atomic mass is 10.3. The molecule has 2 aromatic rings. The summed E-state index contributed by atoms with van der Waals surface area (Å²) in [6.07, 6.45) is -0.236. The number of hydrogen-bond acceptors (Lipinski definition) is 3. The second-order valence-corrected chi connectivity index (χ2v) is 4.05. The highest BCUT2D eigenvalue weighted by Crippen LogP contribution is 2.24. The lowest BCUT2D eigenvalue weighted by molar-refractivity contribution is 0.140. The molecule has 0 saturated heterocycles. The van der Waals surface area contributed by atoms with Crippen LogP contribution in [-0.4, -0.2) is 9.97 Å². The van der Waals surface area contributed by atoms with Crippen molar-refractivity contribution in [2.45, 2.75) is 6.43 Å². The highest BCUT2D eigenvalue weighted by molar-refractivity contribution is 9.10. The number of benzene rings is 1. The van der Waals surface area contributed by atoms with E-state index in [9.17, 15) is 8.78 Å². The molecule has 88 valence electrons. The molecule has 3 nitrogen and oxygen atoms in total. The highest BCUT2D eigenvalue weighted by Gasteiger charge is 2.10. The number of hydrogen-bond donors (Lipinski definition) is 0. The van der Waals surface area contributed by atoms with Gasteiger partial charge in [0.25, 0.3) is 6.43 Å². The van der Waals surface area contributed by atoms with Crippen LogP contribution < -0.4 is 4.74 Å². The molecule has 0 amide bonds. The Bertz CT molecular complexity index is 505. The largest absolute Gasteiger partial charge is 0.454 e. The van der Waals surface area contributed by atoms with Crippen molar-refractivity contribution in [1.82, 2.24) is 9.97 Å².